The molecule has 0 aliphatic carbocycles. The van der Waals surface area contributed by atoms with Crippen molar-refractivity contribution in [1.29, 1.82) is 0 Å². The van der Waals surface area contributed by atoms with Gasteiger partial charge in [-0.2, -0.15) is 0 Å². The van der Waals surface area contributed by atoms with E-state index in [1.165, 1.54) is 36.1 Å². The van der Waals surface area contributed by atoms with Gasteiger partial charge in [0.1, 0.15) is 5.75 Å². The molecule has 0 saturated carbocycles. The number of nitrogens with one attached hydrogen (secondary N) is 1. The van der Waals surface area contributed by atoms with Gasteiger partial charge in [-0.1, -0.05) is 29.7 Å². The molecule has 0 radical (unpaired) electrons. The van der Waals surface area contributed by atoms with Gasteiger partial charge in [0.25, 0.3) is 5.91 Å². The fraction of sp³-hybridized carbons (Fsp3) is 0.391. The number of carbonyl (C=O) groups is 3. The van der Waals surface area contributed by atoms with Crippen molar-refractivity contribution >= 4 is 46.0 Å². The molecular formula is C23H26N4O4S2. The number of amides is 3. The highest BCUT2D eigenvalue weighted by Crippen LogP contribution is 2.40. The summed E-state index contributed by atoms with van der Waals surface area (Å²) in [6, 6.07) is 3.73. The Labute approximate surface area is 201 Å². The van der Waals surface area contributed by atoms with Gasteiger partial charge in [0.15, 0.2) is 5.13 Å². The number of fused-ring (bicyclic) bond motifs is 2. The van der Waals surface area contributed by atoms with Crippen LogP contribution in [0.2, 0.25) is 0 Å². The van der Waals surface area contributed by atoms with E-state index in [4.69, 9.17) is 4.74 Å². The number of methoxy groups -OCH3 is 1. The number of rotatable bonds is 6. The van der Waals surface area contributed by atoms with Gasteiger partial charge in [-0.25, -0.2) is 4.98 Å². The average molecular weight is 487 g/mol. The number of nitrogens with zero attached hydrogens (tertiary/aromatic N) is 3. The topological polar surface area (TPSA) is 91.8 Å². The van der Waals surface area contributed by atoms with Crippen LogP contribution in [0, 0.1) is 6.92 Å². The summed E-state index contributed by atoms with van der Waals surface area (Å²) in [5.74, 6) is 0.206. The van der Waals surface area contributed by atoms with E-state index in [2.05, 4.69) is 16.9 Å². The minimum atomic E-state index is -0.168. The molecule has 2 atom stereocenters. The van der Waals surface area contributed by atoms with Crippen molar-refractivity contribution in [2.24, 2.45) is 0 Å². The summed E-state index contributed by atoms with van der Waals surface area (Å²) in [7, 11) is 1.57. The standard InChI is InChI=1S/C23H26N4O4S2/c1-5-20(29)26-11-15-6-7-16(12-26)27(15)22(30)17-9-19(13(2)8-18(17)31-4)32-21-10-24-23(33-21)25-14(3)28/h5,8-10,15-16H,1,6-7,11-12H2,2-4H3,(H,24,25,28). The predicted octanol–water partition coefficient (Wildman–Crippen LogP) is 3.57. The lowest BCUT2D eigenvalue weighted by Crippen LogP contribution is -2.56. The maximum atomic E-state index is 13.7. The van der Waals surface area contributed by atoms with Gasteiger partial charge in [-0.05, 0) is 43.5 Å². The van der Waals surface area contributed by atoms with Crippen molar-refractivity contribution in [1.82, 2.24) is 14.8 Å². The molecule has 1 aromatic heterocycles. The first kappa shape index (κ1) is 23.3. The molecule has 1 N–H and O–H groups in total. The van der Waals surface area contributed by atoms with E-state index < -0.39 is 0 Å². The average Bonchev–Trinajstić information content (AvgIpc) is 3.33. The molecule has 2 saturated heterocycles. The third-order valence-electron chi connectivity index (χ3n) is 5.91. The molecule has 0 spiro atoms. The highest BCUT2D eigenvalue weighted by atomic mass is 32.2. The van der Waals surface area contributed by atoms with Crippen molar-refractivity contribution in [2.75, 3.05) is 25.5 Å². The quantitative estimate of drug-likeness (QED) is 0.628. The van der Waals surface area contributed by atoms with Crippen LogP contribution in [0.25, 0.3) is 0 Å². The summed E-state index contributed by atoms with van der Waals surface area (Å²) in [6.07, 6.45) is 4.79. The van der Waals surface area contributed by atoms with Gasteiger partial charge in [0.2, 0.25) is 11.8 Å². The Morgan fingerprint density at radius 1 is 1.27 bits per heavy atom. The summed E-state index contributed by atoms with van der Waals surface area (Å²) >= 11 is 2.88. The van der Waals surface area contributed by atoms with Crippen molar-refractivity contribution in [3.05, 3.63) is 42.1 Å². The molecule has 2 aromatic rings. The smallest absolute Gasteiger partial charge is 0.258 e. The predicted molar refractivity (Wildman–Crippen MR) is 128 cm³/mol. The van der Waals surface area contributed by atoms with Gasteiger partial charge in [-0.3, -0.25) is 14.4 Å². The molecule has 2 fully saturated rings. The van der Waals surface area contributed by atoms with Crippen molar-refractivity contribution in [3.8, 4) is 5.75 Å². The molecule has 4 rings (SSSR count). The number of hydrogen-bond donors (Lipinski definition) is 1. The number of ether oxygens (including phenoxy) is 1. The number of aromatic nitrogens is 1. The Balaban J connectivity index is 1.59. The molecule has 3 amide bonds. The van der Waals surface area contributed by atoms with Crippen LogP contribution >= 0.6 is 23.1 Å². The second-order valence-corrected chi connectivity index (χ2v) is 10.5. The number of hydrogen-bond acceptors (Lipinski definition) is 7. The SMILES string of the molecule is C=CC(=O)N1CC2CCC(C1)N2C(=O)c1cc(Sc2cnc(NC(C)=O)s2)c(C)cc1OC. The zero-order valence-corrected chi connectivity index (χ0v) is 20.4. The Morgan fingerprint density at radius 2 is 1.97 bits per heavy atom. The summed E-state index contributed by atoms with van der Waals surface area (Å²) in [4.78, 5) is 45.9. The number of aryl methyl sites for hydroxylation is 1. The minimum Gasteiger partial charge on any atom is -0.496 e. The highest BCUT2D eigenvalue weighted by molar-refractivity contribution is 8.01. The van der Waals surface area contributed by atoms with Crippen molar-refractivity contribution in [3.63, 3.8) is 0 Å². The van der Waals surface area contributed by atoms with E-state index in [1.807, 2.05) is 24.0 Å². The third-order valence-corrected chi connectivity index (χ3v) is 8.08. The van der Waals surface area contributed by atoms with Gasteiger partial charge >= 0.3 is 0 Å². The lowest BCUT2D eigenvalue weighted by atomic mass is 10.1. The van der Waals surface area contributed by atoms with Crippen LogP contribution in [0.1, 0.15) is 35.7 Å². The van der Waals surface area contributed by atoms with Crippen LogP contribution in [-0.2, 0) is 9.59 Å². The Hall–Kier alpha value is -2.85. The van der Waals surface area contributed by atoms with Crippen molar-refractivity contribution < 1.29 is 19.1 Å². The Kier molecular flexibility index (Phi) is 6.76. The first-order valence-electron chi connectivity index (χ1n) is 10.6. The molecule has 2 unspecified atom stereocenters. The summed E-state index contributed by atoms with van der Waals surface area (Å²) < 4.78 is 6.47. The molecular weight excluding hydrogens is 460 g/mol. The second kappa shape index (κ2) is 9.56. The number of thiazole rings is 1. The number of anilines is 1. The van der Waals surface area contributed by atoms with Crippen LogP contribution in [0.4, 0.5) is 5.13 Å². The number of likely N-dealkylation sites (tertiary alicyclic amines) is 1. The zero-order valence-electron chi connectivity index (χ0n) is 18.8. The van der Waals surface area contributed by atoms with E-state index >= 15 is 0 Å². The minimum absolute atomic E-state index is 0.0102. The maximum Gasteiger partial charge on any atom is 0.258 e. The van der Waals surface area contributed by atoms with Gasteiger partial charge in [0.05, 0.1) is 35.2 Å². The molecule has 2 bridgehead atoms. The molecule has 174 valence electrons. The molecule has 10 heteroatoms. The van der Waals surface area contributed by atoms with E-state index in [9.17, 15) is 14.4 Å². The monoisotopic (exact) mass is 486 g/mol. The fourth-order valence-electron chi connectivity index (χ4n) is 4.41. The Bertz CT molecular complexity index is 1100. The van der Waals surface area contributed by atoms with Gasteiger partial charge < -0.3 is 19.9 Å². The molecule has 3 heterocycles. The maximum absolute atomic E-state index is 13.7. The third kappa shape index (κ3) is 4.77. The summed E-state index contributed by atoms with van der Waals surface area (Å²) in [5.41, 5.74) is 1.49. The van der Waals surface area contributed by atoms with Gasteiger partial charge in [-0.15, -0.1) is 0 Å². The molecule has 8 nitrogen and oxygen atoms in total. The van der Waals surface area contributed by atoms with Crippen molar-refractivity contribution in [2.45, 2.75) is 47.9 Å². The molecule has 2 aliphatic rings. The summed E-state index contributed by atoms with van der Waals surface area (Å²) in [6.45, 7) is 8.05. The largest absolute Gasteiger partial charge is 0.496 e. The fourth-order valence-corrected chi connectivity index (χ4v) is 6.40. The number of benzene rings is 1. The molecule has 33 heavy (non-hydrogen) atoms. The lowest BCUT2D eigenvalue weighted by Gasteiger charge is -2.41. The van der Waals surface area contributed by atoms with Crippen LogP contribution in [0.5, 0.6) is 5.75 Å². The number of piperazine rings is 1. The Morgan fingerprint density at radius 3 is 2.58 bits per heavy atom. The van der Waals surface area contributed by atoms with E-state index in [-0.39, 0.29) is 29.8 Å². The van der Waals surface area contributed by atoms with Crippen LogP contribution in [0.3, 0.4) is 0 Å². The first-order valence-corrected chi connectivity index (χ1v) is 12.3. The number of carbonyl (C=O) groups excluding carboxylic acids is 3. The second-order valence-electron chi connectivity index (χ2n) is 8.13. The van der Waals surface area contributed by atoms with Crippen LogP contribution in [-0.4, -0.2) is 64.8 Å². The normalized spacial score (nSPS) is 19.4. The van der Waals surface area contributed by atoms with E-state index in [0.717, 1.165) is 27.5 Å². The lowest BCUT2D eigenvalue weighted by molar-refractivity contribution is -0.128. The van der Waals surface area contributed by atoms with E-state index in [0.29, 0.717) is 29.5 Å². The zero-order chi connectivity index (χ0) is 23.7. The van der Waals surface area contributed by atoms with E-state index in [1.54, 1.807) is 18.2 Å². The van der Waals surface area contributed by atoms with Crippen LogP contribution in [0.15, 0.2) is 40.1 Å². The molecule has 2 aliphatic heterocycles. The highest BCUT2D eigenvalue weighted by Gasteiger charge is 2.44. The van der Waals surface area contributed by atoms with Crippen LogP contribution < -0.4 is 10.1 Å². The van der Waals surface area contributed by atoms with Gasteiger partial charge in [0, 0.05) is 24.9 Å². The molecule has 1 aromatic carbocycles. The summed E-state index contributed by atoms with van der Waals surface area (Å²) in [5, 5.41) is 3.23. The first-order chi connectivity index (χ1) is 15.8.